The molecule has 0 radical (unpaired) electrons. The number of halogens is 6. The van der Waals surface area contributed by atoms with Crippen LogP contribution in [0.25, 0.3) is 0 Å². The first kappa shape index (κ1) is 25.4. The Labute approximate surface area is 158 Å². The van der Waals surface area contributed by atoms with Gasteiger partial charge in [-0.15, -0.1) is 0 Å². The van der Waals surface area contributed by atoms with E-state index in [1.807, 2.05) is 32.3 Å². The minimum absolute atomic E-state index is 1.25. The summed E-state index contributed by atoms with van der Waals surface area (Å²) in [6, 6.07) is 10.3. The van der Waals surface area contributed by atoms with E-state index >= 15 is 0 Å². The molecule has 0 unspecified atom stereocenters. The number of hydrogen-bond acceptors (Lipinski definition) is 7. The van der Waals surface area contributed by atoms with Gasteiger partial charge in [0.15, 0.2) is 0 Å². The molecule has 0 aliphatic heterocycles. The SMILES string of the molecule is CN(C)c1ccccc1.O=S(=O)([O][Hg][O]S(=O)(=O)C(F)(F)F)C(F)(F)F. The van der Waals surface area contributed by atoms with Gasteiger partial charge in [-0.3, -0.25) is 0 Å². The van der Waals surface area contributed by atoms with E-state index in [9.17, 15) is 43.2 Å². The van der Waals surface area contributed by atoms with Gasteiger partial charge in [-0.2, -0.15) is 0 Å². The van der Waals surface area contributed by atoms with Gasteiger partial charge in [0.1, 0.15) is 0 Å². The monoisotopic (exact) mass is 621 g/mol. The maximum atomic E-state index is 11.6. The number of hydrogen-bond donors (Lipinski definition) is 0. The van der Waals surface area contributed by atoms with Gasteiger partial charge >= 0.3 is 104 Å². The number of rotatable bonds is 5. The molecular weight excluding hydrogens is 609 g/mol. The van der Waals surface area contributed by atoms with E-state index in [1.165, 1.54) is 5.69 Å². The second kappa shape index (κ2) is 9.52. The topological polar surface area (TPSA) is 90.0 Å². The molecule has 0 amide bonds. The molecule has 0 aromatic heterocycles. The molecule has 1 aromatic rings. The Balaban J connectivity index is 0.000000577. The Morgan fingerprint density at radius 3 is 1.38 bits per heavy atom. The zero-order valence-electron chi connectivity index (χ0n) is 13.1. The van der Waals surface area contributed by atoms with Crippen LogP contribution < -0.4 is 4.90 Å². The van der Waals surface area contributed by atoms with Crippen LogP contribution in [0.3, 0.4) is 0 Å². The Kier molecular flexibility index (Phi) is 9.28. The number of benzene rings is 1. The first-order chi connectivity index (χ1) is 11.5. The van der Waals surface area contributed by atoms with Gasteiger partial charge in [0.25, 0.3) is 0 Å². The molecule has 0 spiro atoms. The summed E-state index contributed by atoms with van der Waals surface area (Å²) in [5.41, 5.74) is -10.5. The Bertz CT molecular complexity index is 719. The van der Waals surface area contributed by atoms with E-state index in [-0.39, 0.29) is 0 Å². The molecule has 26 heavy (non-hydrogen) atoms. The quantitative estimate of drug-likeness (QED) is 0.284. The molecule has 1 aromatic carbocycles. The van der Waals surface area contributed by atoms with Crippen molar-refractivity contribution in [1.29, 1.82) is 0 Å². The molecule has 0 atom stereocenters. The number of anilines is 1. The van der Waals surface area contributed by atoms with Gasteiger partial charge in [-0.05, 0) is 12.1 Å². The molecule has 0 heterocycles. The second-order valence-electron chi connectivity index (χ2n) is 4.38. The van der Waals surface area contributed by atoms with Crippen molar-refractivity contribution in [3.8, 4) is 0 Å². The van der Waals surface area contributed by atoms with E-state index in [0.29, 0.717) is 0 Å². The molecule has 0 aliphatic rings. The minimum atomic E-state index is -6.12. The van der Waals surface area contributed by atoms with Crippen LogP contribution in [0.1, 0.15) is 0 Å². The molecule has 0 aliphatic carbocycles. The molecule has 0 bridgehead atoms. The van der Waals surface area contributed by atoms with E-state index in [1.54, 1.807) is 0 Å². The molecule has 0 N–H and O–H groups in total. The third-order valence-electron chi connectivity index (χ3n) is 2.25. The number of nitrogens with zero attached hydrogens (tertiary/aromatic N) is 1. The zero-order valence-corrected chi connectivity index (χ0v) is 20.2. The fourth-order valence-corrected chi connectivity index (χ4v) is 9.13. The zero-order chi connectivity index (χ0) is 20.8. The molecule has 0 saturated carbocycles. The van der Waals surface area contributed by atoms with Crippen LogP contribution in [0, 0.1) is 0 Å². The van der Waals surface area contributed by atoms with Gasteiger partial charge < -0.3 is 4.90 Å². The fourth-order valence-electron chi connectivity index (χ4n) is 1.01. The molecule has 0 saturated heterocycles. The summed E-state index contributed by atoms with van der Waals surface area (Å²) in [4.78, 5) is 2.08. The van der Waals surface area contributed by atoms with Crippen LogP contribution >= 0.6 is 0 Å². The first-order valence-electron chi connectivity index (χ1n) is 6.15. The maximum absolute atomic E-state index is 11.6. The molecular formula is C10H11F6HgNO6S2. The third kappa shape index (κ3) is 8.36. The third-order valence-corrected chi connectivity index (χ3v) is 13.7. The molecule has 7 nitrogen and oxygen atoms in total. The molecule has 16 heteroatoms. The van der Waals surface area contributed by atoms with Crippen molar-refractivity contribution < 1.29 is 72.8 Å². The van der Waals surface area contributed by atoms with Gasteiger partial charge in [0.2, 0.25) is 0 Å². The van der Waals surface area contributed by atoms with E-state index in [4.69, 9.17) is 0 Å². The fraction of sp³-hybridized carbons (Fsp3) is 0.400. The summed E-state index contributed by atoms with van der Waals surface area (Å²) in [5.74, 6) is 0. The Morgan fingerprint density at radius 2 is 1.15 bits per heavy atom. The van der Waals surface area contributed by atoms with Crippen LogP contribution in [0.15, 0.2) is 30.3 Å². The van der Waals surface area contributed by atoms with Crippen LogP contribution in [-0.2, 0) is 49.9 Å². The Morgan fingerprint density at radius 1 is 0.808 bits per heavy atom. The van der Waals surface area contributed by atoms with Crippen molar-refractivity contribution >= 4 is 25.9 Å². The van der Waals surface area contributed by atoms with Crippen molar-refractivity contribution in [1.82, 2.24) is 0 Å². The summed E-state index contributed by atoms with van der Waals surface area (Å²) >= 11 is -4.35. The summed E-state index contributed by atoms with van der Waals surface area (Å²) in [5, 5.41) is 0. The van der Waals surface area contributed by atoms with E-state index in [2.05, 4.69) is 21.2 Å². The van der Waals surface area contributed by atoms with Gasteiger partial charge in [0.05, 0.1) is 0 Å². The van der Waals surface area contributed by atoms with Crippen LogP contribution in [-0.4, -0.2) is 41.9 Å². The molecule has 1 rings (SSSR count). The van der Waals surface area contributed by atoms with Crippen molar-refractivity contribution in [3.05, 3.63) is 30.3 Å². The predicted octanol–water partition coefficient (Wildman–Crippen LogP) is 2.38. The predicted molar refractivity (Wildman–Crippen MR) is 72.9 cm³/mol. The van der Waals surface area contributed by atoms with Gasteiger partial charge in [-0.1, -0.05) is 18.2 Å². The van der Waals surface area contributed by atoms with Crippen LogP contribution in [0.5, 0.6) is 0 Å². The van der Waals surface area contributed by atoms with Gasteiger partial charge in [0, 0.05) is 19.8 Å². The summed E-state index contributed by atoms with van der Waals surface area (Å²) < 4.78 is 116. The standard InChI is InChI=1S/C8H11N.2CHF3O3S.Hg/c1-9(2)8-6-4-3-5-7-8;2*2-1(3,4)8(5,6)7;/h3-7H,1-2H3;2*(H,5,6,7);/q;;;+2/p-2. The Hall–Kier alpha value is -0.645. The van der Waals surface area contributed by atoms with Crippen molar-refractivity contribution in [2.45, 2.75) is 11.0 Å². The second-order valence-corrected chi connectivity index (χ2v) is 14.0. The molecule has 148 valence electrons. The van der Waals surface area contributed by atoms with Gasteiger partial charge in [-0.25, -0.2) is 0 Å². The summed E-state index contributed by atoms with van der Waals surface area (Å²) in [6.45, 7) is 0. The average molecular weight is 620 g/mol. The van der Waals surface area contributed by atoms with Crippen LogP contribution in [0.2, 0.25) is 0 Å². The van der Waals surface area contributed by atoms with E-state index < -0.39 is 56.7 Å². The van der Waals surface area contributed by atoms with Crippen molar-refractivity contribution in [2.75, 3.05) is 19.0 Å². The van der Waals surface area contributed by atoms with E-state index in [0.717, 1.165) is 0 Å². The van der Waals surface area contributed by atoms with Crippen molar-refractivity contribution in [2.24, 2.45) is 0 Å². The average Bonchev–Trinajstić information content (AvgIpc) is 2.46. The number of para-hydroxylation sites is 1. The van der Waals surface area contributed by atoms with Crippen LogP contribution in [0.4, 0.5) is 32.0 Å². The van der Waals surface area contributed by atoms with Crippen molar-refractivity contribution in [3.63, 3.8) is 0 Å². The number of alkyl halides is 6. The first-order valence-corrected chi connectivity index (χ1v) is 13.5. The normalized spacial score (nSPS) is 12.6. The summed E-state index contributed by atoms with van der Waals surface area (Å²) in [6.07, 6.45) is 0. The summed E-state index contributed by atoms with van der Waals surface area (Å²) in [7, 11) is -8.17. The molecule has 0 fully saturated rings.